The summed E-state index contributed by atoms with van der Waals surface area (Å²) in [5, 5.41) is 10.2. The van der Waals surface area contributed by atoms with Crippen LogP contribution >= 0.6 is 0 Å². The molecule has 1 N–H and O–H groups in total. The van der Waals surface area contributed by atoms with E-state index >= 15 is 0 Å². The highest BCUT2D eigenvalue weighted by molar-refractivity contribution is 5.97. The molecule has 156 valence electrons. The fourth-order valence-electron chi connectivity index (χ4n) is 4.48. The van der Waals surface area contributed by atoms with Crippen molar-refractivity contribution in [1.29, 1.82) is 0 Å². The van der Waals surface area contributed by atoms with Gasteiger partial charge in [0.25, 0.3) is 0 Å². The molecule has 1 fully saturated rings. The third-order valence-corrected chi connectivity index (χ3v) is 6.22. The van der Waals surface area contributed by atoms with Gasteiger partial charge in [0.15, 0.2) is 5.78 Å². The summed E-state index contributed by atoms with van der Waals surface area (Å²) in [7, 11) is 1.42. The molecule has 3 rings (SSSR count). The largest absolute Gasteiger partial charge is 0.486 e. The SMILES string of the molecule is COC(=O)[C@@H](C)CCCC(C)=C[C@H]1C[C@@]2(C)OC3=C(C[C@H]2O1)C(=O)CC[C@H]3O. The van der Waals surface area contributed by atoms with Gasteiger partial charge in [0.2, 0.25) is 0 Å². The number of carbonyl (C=O) groups excluding carboxylic acids is 2. The normalized spacial score (nSPS) is 33.8. The Labute approximate surface area is 166 Å². The predicted octanol–water partition coefficient (Wildman–Crippen LogP) is 3.23. The van der Waals surface area contributed by atoms with Crippen LogP contribution < -0.4 is 0 Å². The molecule has 28 heavy (non-hydrogen) atoms. The van der Waals surface area contributed by atoms with Gasteiger partial charge in [-0.1, -0.05) is 18.6 Å². The van der Waals surface area contributed by atoms with E-state index in [0.717, 1.165) is 19.3 Å². The van der Waals surface area contributed by atoms with Crippen LogP contribution in [0.15, 0.2) is 23.0 Å². The standard InChI is InChI=1S/C22H32O6/c1-13(6-5-7-14(2)21(25)26-4)10-15-12-22(3)19(27-15)11-16-17(23)8-9-18(24)20(16)28-22/h10,14-15,18-19,24H,5-9,11-12H2,1-4H3/t14-,15-,18+,19+,22+/m0/s1. The number of ketones is 1. The minimum Gasteiger partial charge on any atom is -0.486 e. The molecule has 6 nitrogen and oxygen atoms in total. The molecule has 0 unspecified atom stereocenters. The summed E-state index contributed by atoms with van der Waals surface area (Å²) in [5.41, 5.74) is 1.32. The fraction of sp³-hybridized carbons (Fsp3) is 0.727. The Balaban J connectivity index is 1.57. The molecule has 3 aliphatic rings. The molecule has 2 heterocycles. The van der Waals surface area contributed by atoms with Crippen LogP contribution in [0.4, 0.5) is 0 Å². The third kappa shape index (κ3) is 4.33. The maximum absolute atomic E-state index is 12.2. The molecule has 0 aromatic heterocycles. The first-order valence-corrected chi connectivity index (χ1v) is 10.3. The molecular weight excluding hydrogens is 360 g/mol. The van der Waals surface area contributed by atoms with Gasteiger partial charge in [0.1, 0.15) is 23.6 Å². The van der Waals surface area contributed by atoms with Crippen molar-refractivity contribution in [2.24, 2.45) is 5.92 Å². The number of rotatable bonds is 6. The van der Waals surface area contributed by atoms with Crippen molar-refractivity contribution in [3.63, 3.8) is 0 Å². The van der Waals surface area contributed by atoms with Crippen molar-refractivity contribution in [2.45, 2.75) is 89.6 Å². The highest BCUT2D eigenvalue weighted by atomic mass is 16.6. The fourth-order valence-corrected chi connectivity index (χ4v) is 4.48. The van der Waals surface area contributed by atoms with E-state index in [2.05, 4.69) is 13.0 Å². The van der Waals surface area contributed by atoms with Gasteiger partial charge in [-0.2, -0.15) is 0 Å². The minimum atomic E-state index is -0.682. The first-order valence-electron chi connectivity index (χ1n) is 10.3. The second kappa shape index (κ2) is 8.37. The topological polar surface area (TPSA) is 82.1 Å². The second-order valence-corrected chi connectivity index (χ2v) is 8.64. The van der Waals surface area contributed by atoms with Gasteiger partial charge < -0.3 is 19.3 Å². The number of methoxy groups -OCH3 is 1. The molecule has 1 saturated heterocycles. The average molecular weight is 392 g/mol. The van der Waals surface area contributed by atoms with Gasteiger partial charge >= 0.3 is 5.97 Å². The van der Waals surface area contributed by atoms with E-state index in [9.17, 15) is 14.7 Å². The molecule has 0 saturated carbocycles. The Morgan fingerprint density at radius 3 is 2.93 bits per heavy atom. The summed E-state index contributed by atoms with van der Waals surface area (Å²) in [6.45, 7) is 5.97. The number of carbonyl (C=O) groups is 2. The van der Waals surface area contributed by atoms with Gasteiger partial charge in [-0.15, -0.1) is 0 Å². The predicted molar refractivity (Wildman–Crippen MR) is 103 cm³/mol. The van der Waals surface area contributed by atoms with Gasteiger partial charge in [-0.05, 0) is 39.5 Å². The zero-order valence-electron chi connectivity index (χ0n) is 17.3. The highest BCUT2D eigenvalue weighted by Gasteiger charge is 2.52. The van der Waals surface area contributed by atoms with Gasteiger partial charge in [0, 0.05) is 24.8 Å². The molecule has 6 heteroatoms. The molecule has 0 spiro atoms. The Kier molecular flexibility index (Phi) is 6.30. The average Bonchev–Trinajstić information content (AvgIpc) is 2.97. The lowest BCUT2D eigenvalue weighted by molar-refractivity contribution is -0.145. The molecule has 0 radical (unpaired) electrons. The van der Waals surface area contributed by atoms with Crippen molar-refractivity contribution in [2.75, 3.05) is 7.11 Å². The molecule has 0 aromatic rings. The van der Waals surface area contributed by atoms with Gasteiger partial charge in [-0.25, -0.2) is 0 Å². The first-order chi connectivity index (χ1) is 13.2. The van der Waals surface area contributed by atoms with Crippen molar-refractivity contribution < 1.29 is 28.9 Å². The van der Waals surface area contributed by atoms with E-state index in [1.165, 1.54) is 12.7 Å². The van der Waals surface area contributed by atoms with Crippen LogP contribution in [0.1, 0.15) is 65.7 Å². The Morgan fingerprint density at radius 2 is 2.21 bits per heavy atom. The molecule has 2 aliphatic heterocycles. The lowest BCUT2D eigenvalue weighted by Crippen LogP contribution is -2.45. The number of allylic oxidation sites excluding steroid dienone is 1. The van der Waals surface area contributed by atoms with E-state index < -0.39 is 11.7 Å². The monoisotopic (exact) mass is 392 g/mol. The molecule has 0 bridgehead atoms. The third-order valence-electron chi connectivity index (χ3n) is 6.22. The lowest BCUT2D eigenvalue weighted by atomic mass is 9.82. The quantitative estimate of drug-likeness (QED) is 0.552. The van der Waals surface area contributed by atoms with Crippen molar-refractivity contribution in [3.8, 4) is 0 Å². The number of esters is 1. The summed E-state index contributed by atoms with van der Waals surface area (Å²) in [5.74, 6) is 0.290. The summed E-state index contributed by atoms with van der Waals surface area (Å²) < 4.78 is 17.1. The minimum absolute atomic E-state index is 0.0679. The summed E-state index contributed by atoms with van der Waals surface area (Å²) >= 11 is 0. The van der Waals surface area contributed by atoms with E-state index in [1.807, 2.05) is 13.8 Å². The number of Topliss-reactive ketones (excluding diaryl/α,β-unsaturated/α-hetero) is 1. The van der Waals surface area contributed by atoms with E-state index in [0.29, 0.717) is 37.0 Å². The Bertz CT molecular complexity index is 693. The molecule has 0 aromatic carbocycles. The van der Waals surface area contributed by atoms with Crippen LogP contribution in [0.3, 0.4) is 0 Å². The number of aliphatic hydroxyl groups is 1. The number of hydrogen-bond acceptors (Lipinski definition) is 6. The van der Waals surface area contributed by atoms with E-state index in [1.54, 1.807) is 0 Å². The van der Waals surface area contributed by atoms with Gasteiger partial charge in [0.05, 0.1) is 19.1 Å². The molecule has 5 atom stereocenters. The summed E-state index contributed by atoms with van der Waals surface area (Å²) in [6.07, 6.45) is 5.84. The summed E-state index contributed by atoms with van der Waals surface area (Å²) in [6, 6.07) is 0. The second-order valence-electron chi connectivity index (χ2n) is 8.64. The highest BCUT2D eigenvalue weighted by Crippen LogP contribution is 2.46. The maximum atomic E-state index is 12.2. The maximum Gasteiger partial charge on any atom is 0.308 e. The van der Waals surface area contributed by atoms with Crippen molar-refractivity contribution in [1.82, 2.24) is 0 Å². The zero-order valence-corrected chi connectivity index (χ0v) is 17.3. The number of ether oxygens (including phenoxy) is 3. The molecule has 1 aliphatic carbocycles. The van der Waals surface area contributed by atoms with Crippen LogP contribution in [-0.2, 0) is 23.8 Å². The van der Waals surface area contributed by atoms with Crippen LogP contribution in [0.5, 0.6) is 0 Å². The summed E-state index contributed by atoms with van der Waals surface area (Å²) in [4.78, 5) is 23.7. The number of hydrogen-bond donors (Lipinski definition) is 1. The van der Waals surface area contributed by atoms with Crippen LogP contribution in [0, 0.1) is 5.92 Å². The molecule has 0 amide bonds. The molecular formula is C22H32O6. The number of fused-ring (bicyclic) bond motifs is 1. The van der Waals surface area contributed by atoms with Crippen molar-refractivity contribution >= 4 is 11.8 Å². The lowest BCUT2D eigenvalue weighted by Gasteiger charge is -2.40. The smallest absolute Gasteiger partial charge is 0.308 e. The van der Waals surface area contributed by atoms with Crippen LogP contribution in [0.25, 0.3) is 0 Å². The van der Waals surface area contributed by atoms with E-state index in [-0.39, 0.29) is 29.9 Å². The van der Waals surface area contributed by atoms with Gasteiger partial charge in [-0.3, -0.25) is 9.59 Å². The number of aliphatic hydroxyl groups excluding tert-OH is 1. The van der Waals surface area contributed by atoms with Crippen LogP contribution in [0.2, 0.25) is 0 Å². The van der Waals surface area contributed by atoms with Crippen LogP contribution in [-0.4, -0.2) is 47.9 Å². The first kappa shape index (κ1) is 21.1. The zero-order chi connectivity index (χ0) is 20.5. The van der Waals surface area contributed by atoms with E-state index in [4.69, 9.17) is 14.2 Å². The Morgan fingerprint density at radius 1 is 1.46 bits per heavy atom. The van der Waals surface area contributed by atoms with Crippen molar-refractivity contribution in [3.05, 3.63) is 23.0 Å². The Hall–Kier alpha value is -1.66.